The van der Waals surface area contributed by atoms with E-state index in [1.807, 2.05) is 6.07 Å². The smallest absolute Gasteiger partial charge is 0.0510 e. The Morgan fingerprint density at radius 3 is 2.11 bits per heavy atom. The van der Waals surface area contributed by atoms with Crippen LogP contribution >= 0.6 is 0 Å². The zero-order valence-electron chi connectivity index (χ0n) is 12.5. The van der Waals surface area contributed by atoms with Gasteiger partial charge in [-0.25, -0.2) is 0 Å². The second kappa shape index (κ2) is 6.35. The van der Waals surface area contributed by atoms with Crippen molar-refractivity contribution in [2.45, 2.75) is 46.2 Å². The van der Waals surface area contributed by atoms with E-state index in [9.17, 15) is 0 Å². The van der Waals surface area contributed by atoms with Crippen LogP contribution in [0.25, 0.3) is 0 Å². The molecule has 0 bridgehead atoms. The molecule has 0 aliphatic rings. The van der Waals surface area contributed by atoms with Gasteiger partial charge in [-0.1, -0.05) is 44.2 Å². The van der Waals surface area contributed by atoms with Crippen LogP contribution in [0, 0.1) is 5.92 Å². The zero-order chi connectivity index (χ0) is 13.8. The Morgan fingerprint density at radius 2 is 1.67 bits per heavy atom. The summed E-state index contributed by atoms with van der Waals surface area (Å²) in [6.45, 7) is 13.1. The van der Waals surface area contributed by atoms with Gasteiger partial charge in [0, 0.05) is 19.1 Å². The van der Waals surface area contributed by atoms with Crippen molar-refractivity contribution < 1.29 is 0 Å². The number of nitrogens with two attached hydrogens (primary N) is 1. The molecule has 0 saturated heterocycles. The Labute approximate surface area is 112 Å². The third-order valence-corrected chi connectivity index (χ3v) is 3.29. The maximum absolute atomic E-state index is 6.51. The molecule has 0 radical (unpaired) electrons. The number of benzene rings is 1. The predicted molar refractivity (Wildman–Crippen MR) is 79.5 cm³/mol. The standard InChI is InChI=1S/C16H28N2/c1-13(2)11-18(14(3)4)12-16(5,17)15-9-7-6-8-10-15/h6-10,13-14H,11-12,17H2,1-5H3. The highest BCUT2D eigenvalue weighted by Crippen LogP contribution is 2.20. The number of rotatable bonds is 6. The van der Waals surface area contributed by atoms with Crippen LogP contribution < -0.4 is 5.73 Å². The quantitative estimate of drug-likeness (QED) is 0.837. The highest BCUT2D eigenvalue weighted by Gasteiger charge is 2.25. The van der Waals surface area contributed by atoms with Crippen LogP contribution in [0.2, 0.25) is 0 Å². The molecule has 1 rings (SSSR count). The Hall–Kier alpha value is -0.860. The monoisotopic (exact) mass is 248 g/mol. The van der Waals surface area contributed by atoms with Crippen LogP contribution in [0.1, 0.15) is 40.2 Å². The van der Waals surface area contributed by atoms with E-state index in [0.29, 0.717) is 12.0 Å². The van der Waals surface area contributed by atoms with E-state index in [4.69, 9.17) is 5.73 Å². The molecule has 2 nitrogen and oxygen atoms in total. The summed E-state index contributed by atoms with van der Waals surface area (Å²) < 4.78 is 0. The van der Waals surface area contributed by atoms with Gasteiger partial charge in [0.25, 0.3) is 0 Å². The summed E-state index contributed by atoms with van der Waals surface area (Å²) in [5.74, 6) is 0.666. The first-order chi connectivity index (χ1) is 8.33. The van der Waals surface area contributed by atoms with Crippen molar-refractivity contribution in [1.29, 1.82) is 0 Å². The van der Waals surface area contributed by atoms with Gasteiger partial charge in [0.05, 0.1) is 5.54 Å². The molecule has 0 saturated carbocycles. The SMILES string of the molecule is CC(C)CN(CC(C)(N)c1ccccc1)C(C)C. The van der Waals surface area contributed by atoms with E-state index in [-0.39, 0.29) is 5.54 Å². The number of hydrogen-bond donors (Lipinski definition) is 1. The molecule has 102 valence electrons. The molecule has 1 unspecified atom stereocenters. The van der Waals surface area contributed by atoms with E-state index in [1.165, 1.54) is 5.56 Å². The summed E-state index contributed by atoms with van der Waals surface area (Å²) in [7, 11) is 0. The van der Waals surface area contributed by atoms with Crippen LogP contribution in [-0.2, 0) is 5.54 Å². The normalized spacial score (nSPS) is 15.4. The zero-order valence-corrected chi connectivity index (χ0v) is 12.5. The molecule has 2 heteroatoms. The minimum absolute atomic E-state index is 0.291. The lowest BCUT2D eigenvalue weighted by molar-refractivity contribution is 0.158. The largest absolute Gasteiger partial charge is 0.321 e. The van der Waals surface area contributed by atoms with Crippen molar-refractivity contribution in [1.82, 2.24) is 4.90 Å². The molecule has 0 fully saturated rings. The van der Waals surface area contributed by atoms with Gasteiger partial charge < -0.3 is 5.73 Å². The molecule has 0 aromatic heterocycles. The first-order valence-electron chi connectivity index (χ1n) is 6.91. The molecule has 1 atom stereocenters. The maximum Gasteiger partial charge on any atom is 0.0510 e. The van der Waals surface area contributed by atoms with E-state index < -0.39 is 0 Å². The second-order valence-electron chi connectivity index (χ2n) is 6.20. The average Bonchev–Trinajstić information content (AvgIpc) is 2.28. The predicted octanol–water partition coefficient (Wildman–Crippen LogP) is 3.23. The molecule has 1 aromatic carbocycles. The van der Waals surface area contributed by atoms with Crippen molar-refractivity contribution in [3.8, 4) is 0 Å². The van der Waals surface area contributed by atoms with Crippen molar-refractivity contribution >= 4 is 0 Å². The van der Waals surface area contributed by atoms with Crippen LogP contribution in [0.3, 0.4) is 0 Å². The Kier molecular flexibility index (Phi) is 5.36. The Bertz CT molecular complexity index is 341. The van der Waals surface area contributed by atoms with Crippen LogP contribution in [-0.4, -0.2) is 24.0 Å². The van der Waals surface area contributed by atoms with Gasteiger partial charge >= 0.3 is 0 Å². The van der Waals surface area contributed by atoms with Crippen LogP contribution in [0.5, 0.6) is 0 Å². The van der Waals surface area contributed by atoms with Gasteiger partial charge in [-0.3, -0.25) is 4.90 Å². The molecular formula is C16H28N2. The summed E-state index contributed by atoms with van der Waals surface area (Å²) in [6, 6.07) is 10.9. The van der Waals surface area contributed by atoms with Crippen LogP contribution in [0.4, 0.5) is 0 Å². The van der Waals surface area contributed by atoms with Gasteiger partial charge in [-0.15, -0.1) is 0 Å². The summed E-state index contributed by atoms with van der Waals surface area (Å²) in [4.78, 5) is 2.47. The van der Waals surface area contributed by atoms with Crippen molar-refractivity contribution in [2.24, 2.45) is 11.7 Å². The lowest BCUT2D eigenvalue weighted by Gasteiger charge is -2.36. The molecule has 0 heterocycles. The molecular weight excluding hydrogens is 220 g/mol. The van der Waals surface area contributed by atoms with E-state index in [1.54, 1.807) is 0 Å². The molecule has 0 amide bonds. The van der Waals surface area contributed by atoms with E-state index in [2.05, 4.69) is 63.8 Å². The van der Waals surface area contributed by atoms with Gasteiger partial charge in [-0.2, -0.15) is 0 Å². The highest BCUT2D eigenvalue weighted by atomic mass is 15.2. The fraction of sp³-hybridized carbons (Fsp3) is 0.625. The van der Waals surface area contributed by atoms with Crippen molar-refractivity contribution in [3.05, 3.63) is 35.9 Å². The van der Waals surface area contributed by atoms with E-state index in [0.717, 1.165) is 13.1 Å². The first-order valence-corrected chi connectivity index (χ1v) is 6.91. The van der Waals surface area contributed by atoms with E-state index >= 15 is 0 Å². The Balaban J connectivity index is 2.79. The lowest BCUT2D eigenvalue weighted by Crippen LogP contribution is -2.48. The van der Waals surface area contributed by atoms with Gasteiger partial charge in [0.2, 0.25) is 0 Å². The molecule has 0 aliphatic heterocycles. The summed E-state index contributed by atoms with van der Waals surface area (Å²) in [5.41, 5.74) is 7.43. The van der Waals surface area contributed by atoms with Gasteiger partial charge in [0.1, 0.15) is 0 Å². The fourth-order valence-electron chi connectivity index (χ4n) is 2.26. The minimum atomic E-state index is -0.291. The third-order valence-electron chi connectivity index (χ3n) is 3.29. The Morgan fingerprint density at radius 1 is 1.11 bits per heavy atom. The average molecular weight is 248 g/mol. The molecule has 2 N–H and O–H groups in total. The van der Waals surface area contributed by atoms with Crippen molar-refractivity contribution in [2.75, 3.05) is 13.1 Å². The minimum Gasteiger partial charge on any atom is -0.321 e. The van der Waals surface area contributed by atoms with Gasteiger partial charge in [0.15, 0.2) is 0 Å². The molecule has 0 aliphatic carbocycles. The fourth-order valence-corrected chi connectivity index (χ4v) is 2.26. The highest BCUT2D eigenvalue weighted by molar-refractivity contribution is 5.23. The van der Waals surface area contributed by atoms with Crippen LogP contribution in [0.15, 0.2) is 30.3 Å². The second-order valence-corrected chi connectivity index (χ2v) is 6.20. The number of nitrogens with zero attached hydrogens (tertiary/aromatic N) is 1. The lowest BCUT2D eigenvalue weighted by atomic mass is 9.92. The molecule has 1 aromatic rings. The number of hydrogen-bond acceptors (Lipinski definition) is 2. The summed E-state index contributed by atoms with van der Waals surface area (Å²) in [5, 5.41) is 0. The molecule has 0 spiro atoms. The van der Waals surface area contributed by atoms with Crippen molar-refractivity contribution in [3.63, 3.8) is 0 Å². The van der Waals surface area contributed by atoms with Gasteiger partial charge in [-0.05, 0) is 32.3 Å². The molecule has 18 heavy (non-hydrogen) atoms. The third kappa shape index (κ3) is 4.43. The first kappa shape index (κ1) is 15.2. The summed E-state index contributed by atoms with van der Waals surface area (Å²) >= 11 is 0. The summed E-state index contributed by atoms with van der Waals surface area (Å²) in [6.07, 6.45) is 0. The maximum atomic E-state index is 6.51. The topological polar surface area (TPSA) is 29.3 Å².